The van der Waals surface area contributed by atoms with Crippen LogP contribution in [0.2, 0.25) is 5.15 Å². The fourth-order valence-corrected chi connectivity index (χ4v) is 1.90. The molecule has 0 fully saturated rings. The number of hydrogen-bond acceptors (Lipinski definition) is 3. The zero-order chi connectivity index (χ0) is 14.7. The standard InChI is InChI=1S/C15H8ClFN4/c16-15-11(4-5-12-3-1-2-8-18-12)9-20-21(15)13-6-7-14(17)19-10-13/h1-3,6-10H. The van der Waals surface area contributed by atoms with Gasteiger partial charge in [-0.15, -0.1) is 0 Å². The number of nitrogens with zero attached hydrogens (tertiary/aromatic N) is 4. The lowest BCUT2D eigenvalue weighted by Crippen LogP contribution is -1.97. The van der Waals surface area contributed by atoms with Crippen molar-refractivity contribution in [2.45, 2.75) is 0 Å². The Morgan fingerprint density at radius 1 is 1.05 bits per heavy atom. The van der Waals surface area contributed by atoms with E-state index in [1.165, 1.54) is 23.0 Å². The van der Waals surface area contributed by atoms with E-state index in [9.17, 15) is 4.39 Å². The normalized spacial score (nSPS) is 10.0. The minimum Gasteiger partial charge on any atom is -0.248 e. The van der Waals surface area contributed by atoms with Gasteiger partial charge in [-0.1, -0.05) is 23.6 Å². The second-order valence-electron chi connectivity index (χ2n) is 4.06. The molecule has 0 N–H and O–H groups in total. The molecular formula is C15H8ClFN4. The molecule has 21 heavy (non-hydrogen) atoms. The second-order valence-corrected chi connectivity index (χ2v) is 4.42. The molecule has 6 heteroatoms. The molecule has 0 radical (unpaired) electrons. The molecule has 3 aromatic heterocycles. The molecule has 4 nitrogen and oxygen atoms in total. The van der Waals surface area contributed by atoms with Crippen LogP contribution in [-0.4, -0.2) is 19.7 Å². The first-order chi connectivity index (χ1) is 10.2. The number of halogens is 2. The van der Waals surface area contributed by atoms with Gasteiger partial charge in [-0.2, -0.15) is 9.49 Å². The van der Waals surface area contributed by atoms with Gasteiger partial charge in [0.1, 0.15) is 10.8 Å². The van der Waals surface area contributed by atoms with Crippen molar-refractivity contribution < 1.29 is 4.39 Å². The van der Waals surface area contributed by atoms with Crippen molar-refractivity contribution in [1.29, 1.82) is 0 Å². The Morgan fingerprint density at radius 3 is 2.67 bits per heavy atom. The molecule has 0 saturated carbocycles. The van der Waals surface area contributed by atoms with E-state index < -0.39 is 5.95 Å². The highest BCUT2D eigenvalue weighted by atomic mass is 35.5. The van der Waals surface area contributed by atoms with E-state index in [0.29, 0.717) is 22.1 Å². The first-order valence-electron chi connectivity index (χ1n) is 6.02. The minimum atomic E-state index is -0.558. The van der Waals surface area contributed by atoms with Gasteiger partial charge in [-0.05, 0) is 30.2 Å². The van der Waals surface area contributed by atoms with Gasteiger partial charge in [0.25, 0.3) is 0 Å². The van der Waals surface area contributed by atoms with E-state index in [2.05, 4.69) is 26.9 Å². The van der Waals surface area contributed by atoms with Crippen LogP contribution in [0.1, 0.15) is 11.3 Å². The van der Waals surface area contributed by atoms with E-state index in [1.54, 1.807) is 18.5 Å². The Kier molecular flexibility index (Phi) is 3.63. The summed E-state index contributed by atoms with van der Waals surface area (Å²) in [6.07, 6.45) is 4.56. The molecule has 3 rings (SSSR count). The van der Waals surface area contributed by atoms with Crippen molar-refractivity contribution in [3.8, 4) is 17.5 Å². The minimum absolute atomic E-state index is 0.340. The molecule has 0 amide bonds. The van der Waals surface area contributed by atoms with Crippen LogP contribution >= 0.6 is 11.6 Å². The predicted octanol–water partition coefficient (Wildman–Crippen LogP) is 2.85. The SMILES string of the molecule is Fc1ccc(-n2ncc(C#Cc3ccccn3)c2Cl)cn1. The molecule has 3 heterocycles. The lowest BCUT2D eigenvalue weighted by atomic mass is 10.3. The molecule has 0 aromatic carbocycles. The summed E-state index contributed by atoms with van der Waals surface area (Å²) in [7, 11) is 0. The molecule has 102 valence electrons. The van der Waals surface area contributed by atoms with Crippen LogP contribution in [-0.2, 0) is 0 Å². The zero-order valence-corrected chi connectivity index (χ0v) is 11.4. The van der Waals surface area contributed by atoms with Crippen LogP contribution in [0, 0.1) is 17.8 Å². The van der Waals surface area contributed by atoms with Crippen molar-refractivity contribution in [3.05, 3.63) is 71.3 Å². The van der Waals surface area contributed by atoms with E-state index in [1.807, 2.05) is 12.1 Å². The molecule has 0 unspecified atom stereocenters. The number of pyridine rings is 2. The van der Waals surface area contributed by atoms with Crippen LogP contribution in [0.4, 0.5) is 4.39 Å². The largest absolute Gasteiger partial charge is 0.248 e. The van der Waals surface area contributed by atoms with Gasteiger partial charge in [-0.3, -0.25) is 0 Å². The lowest BCUT2D eigenvalue weighted by Gasteiger charge is -2.01. The van der Waals surface area contributed by atoms with E-state index in [0.717, 1.165) is 0 Å². The Hall–Kier alpha value is -2.71. The average Bonchev–Trinajstić information content (AvgIpc) is 2.88. The summed E-state index contributed by atoms with van der Waals surface area (Å²) < 4.78 is 14.3. The fraction of sp³-hybridized carbons (Fsp3) is 0. The summed E-state index contributed by atoms with van der Waals surface area (Å²) in [4.78, 5) is 7.67. The monoisotopic (exact) mass is 298 g/mol. The van der Waals surface area contributed by atoms with Crippen LogP contribution < -0.4 is 0 Å². The Morgan fingerprint density at radius 2 is 1.95 bits per heavy atom. The van der Waals surface area contributed by atoms with E-state index >= 15 is 0 Å². The van der Waals surface area contributed by atoms with Gasteiger partial charge in [0.2, 0.25) is 5.95 Å². The second kappa shape index (κ2) is 5.73. The zero-order valence-electron chi connectivity index (χ0n) is 10.7. The third-order valence-corrected chi connectivity index (χ3v) is 3.02. The third-order valence-electron chi connectivity index (χ3n) is 2.66. The van der Waals surface area contributed by atoms with Crippen LogP contribution in [0.5, 0.6) is 0 Å². The smallest absolute Gasteiger partial charge is 0.212 e. The average molecular weight is 299 g/mol. The lowest BCUT2D eigenvalue weighted by molar-refractivity contribution is 0.582. The third kappa shape index (κ3) is 2.91. The van der Waals surface area contributed by atoms with Gasteiger partial charge in [0.05, 0.1) is 23.6 Å². The van der Waals surface area contributed by atoms with Gasteiger partial charge in [0, 0.05) is 6.20 Å². The van der Waals surface area contributed by atoms with Crippen molar-refractivity contribution in [2.75, 3.05) is 0 Å². The molecule has 3 aromatic rings. The number of rotatable bonds is 1. The van der Waals surface area contributed by atoms with Crippen LogP contribution in [0.3, 0.4) is 0 Å². The molecule has 0 aliphatic rings. The summed E-state index contributed by atoms with van der Waals surface area (Å²) in [5, 5.41) is 4.47. The maximum Gasteiger partial charge on any atom is 0.212 e. The highest BCUT2D eigenvalue weighted by molar-refractivity contribution is 6.31. The first-order valence-corrected chi connectivity index (χ1v) is 6.40. The first kappa shape index (κ1) is 13.3. The molecule has 0 aliphatic heterocycles. The summed E-state index contributed by atoms with van der Waals surface area (Å²) in [5.41, 5.74) is 1.77. The molecule has 0 atom stereocenters. The van der Waals surface area contributed by atoms with Gasteiger partial charge in [-0.25, -0.2) is 14.6 Å². The quantitative estimate of drug-likeness (QED) is 0.512. The maximum absolute atomic E-state index is 12.8. The van der Waals surface area contributed by atoms with Crippen molar-refractivity contribution in [3.63, 3.8) is 0 Å². The van der Waals surface area contributed by atoms with Crippen LogP contribution in [0.15, 0.2) is 48.9 Å². The number of aromatic nitrogens is 4. The maximum atomic E-state index is 12.8. The van der Waals surface area contributed by atoms with Crippen molar-refractivity contribution >= 4 is 11.6 Å². The van der Waals surface area contributed by atoms with Gasteiger partial charge in [0.15, 0.2) is 0 Å². The van der Waals surface area contributed by atoms with Gasteiger partial charge >= 0.3 is 0 Å². The topological polar surface area (TPSA) is 43.6 Å². The highest BCUT2D eigenvalue weighted by Crippen LogP contribution is 2.19. The van der Waals surface area contributed by atoms with E-state index in [4.69, 9.17) is 11.6 Å². The van der Waals surface area contributed by atoms with Crippen molar-refractivity contribution in [2.24, 2.45) is 0 Å². The molecular weight excluding hydrogens is 291 g/mol. The van der Waals surface area contributed by atoms with Crippen molar-refractivity contribution in [1.82, 2.24) is 19.7 Å². The highest BCUT2D eigenvalue weighted by Gasteiger charge is 2.08. The van der Waals surface area contributed by atoms with Crippen LogP contribution in [0.25, 0.3) is 5.69 Å². The Bertz CT molecular complexity index is 816. The number of hydrogen-bond donors (Lipinski definition) is 0. The summed E-state index contributed by atoms with van der Waals surface area (Å²) in [6, 6.07) is 8.25. The predicted molar refractivity (Wildman–Crippen MR) is 76.5 cm³/mol. The molecule has 0 bridgehead atoms. The Balaban J connectivity index is 1.93. The summed E-state index contributed by atoms with van der Waals surface area (Å²) >= 11 is 6.22. The van der Waals surface area contributed by atoms with E-state index in [-0.39, 0.29) is 0 Å². The molecule has 0 spiro atoms. The fourth-order valence-electron chi connectivity index (χ4n) is 1.66. The summed E-state index contributed by atoms with van der Waals surface area (Å²) in [5.74, 6) is 5.25. The Labute approximate surface area is 125 Å². The molecule has 0 aliphatic carbocycles. The molecule has 0 saturated heterocycles. The summed E-state index contributed by atoms with van der Waals surface area (Å²) in [6.45, 7) is 0. The van der Waals surface area contributed by atoms with Gasteiger partial charge < -0.3 is 0 Å².